The van der Waals surface area contributed by atoms with Gasteiger partial charge in [0.1, 0.15) is 5.69 Å². The van der Waals surface area contributed by atoms with Crippen LogP contribution in [0.3, 0.4) is 0 Å². The number of nitrogens with one attached hydrogen (secondary N) is 1. The molecule has 1 heterocycles. The molecule has 0 amide bonds. The van der Waals surface area contributed by atoms with Gasteiger partial charge in [-0.3, -0.25) is 0 Å². The van der Waals surface area contributed by atoms with E-state index in [9.17, 15) is 9.90 Å². The van der Waals surface area contributed by atoms with Crippen LogP contribution in [0, 0.1) is 0 Å². The molecule has 1 atom stereocenters. The highest BCUT2D eigenvalue weighted by molar-refractivity contribution is 5.98. The van der Waals surface area contributed by atoms with E-state index in [2.05, 4.69) is 36.5 Å². The van der Waals surface area contributed by atoms with Crippen molar-refractivity contribution in [3.05, 3.63) is 107 Å². The van der Waals surface area contributed by atoms with E-state index in [-0.39, 0.29) is 6.04 Å². The minimum atomic E-state index is -0.889. The fraction of sp³-hybridized carbons (Fsp3) is 0.222. The summed E-state index contributed by atoms with van der Waals surface area (Å²) < 4.78 is 1.93. The highest BCUT2D eigenvalue weighted by Crippen LogP contribution is 2.28. The number of aromatic nitrogens is 1. The lowest BCUT2D eigenvalue weighted by atomic mass is 10.0. The molecule has 0 unspecified atom stereocenters. The van der Waals surface area contributed by atoms with E-state index in [0.717, 1.165) is 34.9 Å². The van der Waals surface area contributed by atoms with Crippen LogP contribution in [0.2, 0.25) is 0 Å². The molecule has 1 aromatic heterocycles. The lowest BCUT2D eigenvalue weighted by Crippen LogP contribution is -2.30. The zero-order valence-electron chi connectivity index (χ0n) is 17.8. The van der Waals surface area contributed by atoms with Gasteiger partial charge in [-0.05, 0) is 30.0 Å². The smallest absolute Gasteiger partial charge is 0.352 e. The molecule has 4 heteroatoms. The Morgan fingerprint density at radius 2 is 1.52 bits per heavy atom. The largest absolute Gasteiger partial charge is 0.477 e. The molecule has 0 saturated carbocycles. The Hall–Kier alpha value is -3.37. The lowest BCUT2D eigenvalue weighted by molar-refractivity contribution is 0.0684. The number of carboxylic acid groups (broad SMARTS) is 1. The van der Waals surface area contributed by atoms with Crippen molar-refractivity contribution in [2.75, 3.05) is 0 Å². The summed E-state index contributed by atoms with van der Waals surface area (Å²) in [6.45, 7) is 3.22. The molecule has 4 nitrogen and oxygen atoms in total. The summed E-state index contributed by atoms with van der Waals surface area (Å²) in [4.78, 5) is 12.4. The summed E-state index contributed by atoms with van der Waals surface area (Å²) >= 11 is 0. The number of benzene rings is 3. The van der Waals surface area contributed by atoms with E-state index < -0.39 is 5.97 Å². The molecule has 0 spiro atoms. The molecule has 4 rings (SSSR count). The molecule has 0 aliphatic carbocycles. The molecular weight excluding hydrogens is 384 g/mol. The highest BCUT2D eigenvalue weighted by Gasteiger charge is 2.22. The minimum Gasteiger partial charge on any atom is -0.477 e. The monoisotopic (exact) mass is 412 g/mol. The summed E-state index contributed by atoms with van der Waals surface area (Å²) in [6, 6.07) is 28.7. The van der Waals surface area contributed by atoms with Gasteiger partial charge in [0.15, 0.2) is 0 Å². The van der Waals surface area contributed by atoms with Gasteiger partial charge in [0.05, 0.1) is 0 Å². The Morgan fingerprint density at radius 1 is 0.903 bits per heavy atom. The quantitative estimate of drug-likeness (QED) is 0.382. The first-order valence-electron chi connectivity index (χ1n) is 10.8. The first kappa shape index (κ1) is 20.9. The maximum atomic E-state index is 12.4. The van der Waals surface area contributed by atoms with Gasteiger partial charge in [-0.2, -0.15) is 0 Å². The van der Waals surface area contributed by atoms with E-state index in [0.29, 0.717) is 18.8 Å². The molecule has 0 fully saturated rings. The molecule has 158 valence electrons. The maximum Gasteiger partial charge on any atom is 0.352 e. The van der Waals surface area contributed by atoms with Crippen LogP contribution in [-0.4, -0.2) is 21.7 Å². The van der Waals surface area contributed by atoms with Crippen LogP contribution in [0.15, 0.2) is 84.9 Å². The Morgan fingerprint density at radius 3 is 2.16 bits per heavy atom. The second-order valence-electron chi connectivity index (χ2n) is 7.90. The van der Waals surface area contributed by atoms with Crippen LogP contribution in [-0.2, 0) is 19.5 Å². The Balaban J connectivity index is 1.66. The van der Waals surface area contributed by atoms with E-state index in [1.54, 1.807) is 0 Å². The number of hydrogen-bond donors (Lipinski definition) is 2. The van der Waals surface area contributed by atoms with Gasteiger partial charge in [0.25, 0.3) is 0 Å². The second kappa shape index (κ2) is 9.63. The fourth-order valence-electron chi connectivity index (χ4n) is 4.23. The van der Waals surface area contributed by atoms with Crippen molar-refractivity contribution >= 4 is 16.9 Å². The summed E-state index contributed by atoms with van der Waals surface area (Å²) in [7, 11) is 0. The summed E-state index contributed by atoms with van der Waals surface area (Å²) in [5.74, 6) is -0.889. The fourth-order valence-corrected chi connectivity index (χ4v) is 4.23. The van der Waals surface area contributed by atoms with Crippen molar-refractivity contribution < 1.29 is 9.90 Å². The molecular formula is C27H28N2O2. The average molecular weight is 413 g/mol. The molecule has 31 heavy (non-hydrogen) atoms. The van der Waals surface area contributed by atoms with Crippen molar-refractivity contribution in [2.45, 2.75) is 38.9 Å². The summed E-state index contributed by atoms with van der Waals surface area (Å²) in [5, 5.41) is 14.8. The van der Waals surface area contributed by atoms with Crippen LogP contribution >= 0.6 is 0 Å². The molecule has 0 bridgehead atoms. The number of hydrogen-bond acceptors (Lipinski definition) is 2. The number of rotatable bonds is 9. The first-order valence-corrected chi connectivity index (χ1v) is 10.8. The van der Waals surface area contributed by atoms with E-state index >= 15 is 0 Å². The van der Waals surface area contributed by atoms with Crippen molar-refractivity contribution in [3.63, 3.8) is 0 Å². The second-order valence-corrected chi connectivity index (χ2v) is 7.90. The molecule has 0 aliphatic heterocycles. The van der Waals surface area contributed by atoms with E-state index in [1.165, 1.54) is 5.56 Å². The van der Waals surface area contributed by atoms with Gasteiger partial charge in [0, 0.05) is 35.6 Å². The lowest BCUT2D eigenvalue weighted by Gasteiger charge is -2.17. The van der Waals surface area contributed by atoms with E-state index in [4.69, 9.17) is 0 Å². The third-order valence-corrected chi connectivity index (χ3v) is 5.85. The average Bonchev–Trinajstić information content (AvgIpc) is 3.11. The van der Waals surface area contributed by atoms with Crippen LogP contribution < -0.4 is 5.32 Å². The van der Waals surface area contributed by atoms with Gasteiger partial charge in [-0.25, -0.2) is 4.79 Å². The molecule has 0 aliphatic rings. The van der Waals surface area contributed by atoms with Crippen molar-refractivity contribution in [3.8, 4) is 0 Å². The first-order chi connectivity index (χ1) is 15.2. The minimum absolute atomic E-state index is 0.278. The third-order valence-electron chi connectivity index (χ3n) is 5.85. The molecule has 2 N–H and O–H groups in total. The zero-order valence-corrected chi connectivity index (χ0v) is 17.8. The topological polar surface area (TPSA) is 54.3 Å². The van der Waals surface area contributed by atoms with Gasteiger partial charge < -0.3 is 15.0 Å². The SMILES string of the molecule is CC[C@H](Cc1ccccc1)NCc1c(C(=O)O)n(Cc2ccccc2)c2ccccc12. The third kappa shape index (κ3) is 4.70. The number of fused-ring (bicyclic) bond motifs is 1. The van der Waals surface area contributed by atoms with E-state index in [1.807, 2.05) is 65.2 Å². The maximum absolute atomic E-state index is 12.4. The van der Waals surface area contributed by atoms with Crippen LogP contribution in [0.4, 0.5) is 0 Å². The van der Waals surface area contributed by atoms with Gasteiger partial charge in [-0.15, -0.1) is 0 Å². The van der Waals surface area contributed by atoms with Crippen LogP contribution in [0.1, 0.15) is 40.5 Å². The number of nitrogens with zero attached hydrogens (tertiary/aromatic N) is 1. The van der Waals surface area contributed by atoms with Gasteiger partial charge in [0.2, 0.25) is 0 Å². The zero-order chi connectivity index (χ0) is 21.6. The molecule has 0 radical (unpaired) electrons. The molecule has 4 aromatic rings. The Kier molecular flexibility index (Phi) is 6.48. The normalized spacial score (nSPS) is 12.2. The van der Waals surface area contributed by atoms with Gasteiger partial charge >= 0.3 is 5.97 Å². The summed E-state index contributed by atoms with van der Waals surface area (Å²) in [5.41, 5.74) is 4.54. The molecule has 0 saturated heterocycles. The predicted octanol–water partition coefficient (Wildman–Crippen LogP) is 5.50. The highest BCUT2D eigenvalue weighted by atomic mass is 16.4. The Bertz CT molecular complexity index is 1150. The summed E-state index contributed by atoms with van der Waals surface area (Å²) in [6.07, 6.45) is 1.89. The number of carbonyl (C=O) groups is 1. The number of carboxylic acids is 1. The van der Waals surface area contributed by atoms with Crippen LogP contribution in [0.5, 0.6) is 0 Å². The molecule has 3 aromatic carbocycles. The van der Waals surface area contributed by atoms with Crippen LogP contribution in [0.25, 0.3) is 10.9 Å². The standard InChI is InChI=1S/C27H28N2O2/c1-2-22(17-20-11-5-3-6-12-20)28-18-24-23-15-9-10-16-25(23)29(26(24)27(30)31)19-21-13-7-4-8-14-21/h3-16,22,28H,2,17-19H2,1H3,(H,30,31)/t22-/m1/s1. The predicted molar refractivity (Wildman–Crippen MR) is 126 cm³/mol. The van der Waals surface area contributed by atoms with Gasteiger partial charge in [-0.1, -0.05) is 85.8 Å². The van der Waals surface area contributed by atoms with Crippen molar-refractivity contribution in [1.82, 2.24) is 9.88 Å². The number of para-hydroxylation sites is 1. The Labute approximate surface area is 183 Å². The number of aromatic carboxylic acids is 1. The van der Waals surface area contributed by atoms with Crippen molar-refractivity contribution in [1.29, 1.82) is 0 Å². The van der Waals surface area contributed by atoms with Crippen molar-refractivity contribution in [2.24, 2.45) is 0 Å².